The lowest BCUT2D eigenvalue weighted by Crippen LogP contribution is -2.24. The normalized spacial score (nSPS) is 13.3. The van der Waals surface area contributed by atoms with Crippen LogP contribution in [0.25, 0.3) is 22.2 Å². The lowest BCUT2D eigenvalue weighted by Gasteiger charge is -2.17. The van der Waals surface area contributed by atoms with Crippen LogP contribution in [0.4, 0.5) is 11.6 Å². The fraction of sp³-hybridized carbons (Fsp3) is 0.182. The monoisotopic (exact) mass is 401 g/mol. The summed E-state index contributed by atoms with van der Waals surface area (Å²) in [6, 6.07) is 13.6. The van der Waals surface area contributed by atoms with Crippen molar-refractivity contribution in [2.45, 2.75) is 25.3 Å². The molecule has 3 aromatic heterocycles. The molecule has 8 nitrogen and oxygen atoms in total. The topological polar surface area (TPSA) is 104 Å². The highest BCUT2D eigenvalue weighted by Gasteiger charge is 2.30. The summed E-state index contributed by atoms with van der Waals surface area (Å²) in [4.78, 5) is 33.2. The molecule has 0 bridgehead atoms. The van der Waals surface area contributed by atoms with Gasteiger partial charge in [-0.25, -0.2) is 4.98 Å². The molecule has 0 radical (unpaired) electrons. The van der Waals surface area contributed by atoms with Crippen molar-refractivity contribution in [3.63, 3.8) is 0 Å². The third-order valence-corrected chi connectivity index (χ3v) is 5.17. The Balaban J connectivity index is 1.41. The van der Waals surface area contributed by atoms with Gasteiger partial charge in [0.25, 0.3) is 0 Å². The predicted molar refractivity (Wildman–Crippen MR) is 112 cm³/mol. The molecule has 1 aliphatic rings. The minimum absolute atomic E-state index is 0.165. The minimum Gasteiger partial charge on any atom is -0.363 e. The number of aromatic amines is 1. The molecule has 30 heavy (non-hydrogen) atoms. The van der Waals surface area contributed by atoms with Crippen molar-refractivity contribution in [1.29, 1.82) is 0 Å². The molecular formula is C22H19N5O3. The molecule has 1 aromatic carbocycles. The van der Waals surface area contributed by atoms with Crippen molar-refractivity contribution in [3.8, 4) is 11.1 Å². The lowest BCUT2D eigenvalue weighted by atomic mass is 10.0. The van der Waals surface area contributed by atoms with Gasteiger partial charge in [-0.2, -0.15) is 0 Å². The number of anilines is 2. The molecule has 2 N–H and O–H groups in total. The molecule has 0 unspecified atom stereocenters. The van der Waals surface area contributed by atoms with Gasteiger partial charge in [-0.1, -0.05) is 29.4 Å². The van der Waals surface area contributed by atoms with E-state index in [-0.39, 0.29) is 18.4 Å². The number of benzene rings is 1. The third kappa shape index (κ3) is 3.55. The van der Waals surface area contributed by atoms with Crippen molar-refractivity contribution < 1.29 is 14.1 Å². The van der Waals surface area contributed by atoms with Gasteiger partial charge in [0.2, 0.25) is 12.3 Å². The SMILES string of the molecule is O=CN(c1cc(-c2ccc(CC(=O)Nc3ccon3)cc2)c2cc[nH]c2n1)C1CC1. The van der Waals surface area contributed by atoms with E-state index >= 15 is 0 Å². The molecule has 0 aliphatic heterocycles. The lowest BCUT2D eigenvalue weighted by molar-refractivity contribution is -0.115. The number of pyridine rings is 1. The number of rotatable bonds is 7. The summed E-state index contributed by atoms with van der Waals surface area (Å²) in [6.07, 6.45) is 6.34. The number of H-pyrrole nitrogens is 1. The number of nitrogens with one attached hydrogen (secondary N) is 2. The second kappa shape index (κ2) is 7.47. The second-order valence-corrected chi connectivity index (χ2v) is 7.32. The fourth-order valence-corrected chi connectivity index (χ4v) is 3.53. The first-order valence-electron chi connectivity index (χ1n) is 9.72. The van der Waals surface area contributed by atoms with Crippen LogP contribution in [0.1, 0.15) is 18.4 Å². The molecule has 0 spiro atoms. The summed E-state index contributed by atoms with van der Waals surface area (Å²) in [7, 11) is 0. The van der Waals surface area contributed by atoms with E-state index in [1.165, 1.54) is 6.26 Å². The molecule has 1 saturated carbocycles. The molecule has 0 saturated heterocycles. The van der Waals surface area contributed by atoms with Gasteiger partial charge in [0.1, 0.15) is 17.7 Å². The van der Waals surface area contributed by atoms with E-state index < -0.39 is 0 Å². The Morgan fingerprint density at radius 2 is 2.07 bits per heavy atom. The molecule has 2 amide bonds. The molecule has 8 heteroatoms. The smallest absolute Gasteiger partial charge is 0.230 e. The fourth-order valence-electron chi connectivity index (χ4n) is 3.53. The van der Waals surface area contributed by atoms with Crippen LogP contribution in [-0.4, -0.2) is 33.5 Å². The summed E-state index contributed by atoms with van der Waals surface area (Å²) in [5, 5.41) is 7.35. The van der Waals surface area contributed by atoms with Crippen LogP contribution in [0, 0.1) is 0 Å². The number of hydrogen-bond acceptors (Lipinski definition) is 5. The van der Waals surface area contributed by atoms with Crippen LogP contribution in [0.3, 0.4) is 0 Å². The molecule has 150 valence electrons. The van der Waals surface area contributed by atoms with E-state index in [1.54, 1.807) is 11.0 Å². The van der Waals surface area contributed by atoms with E-state index in [1.807, 2.05) is 42.6 Å². The first-order chi connectivity index (χ1) is 14.7. The van der Waals surface area contributed by atoms with Crippen molar-refractivity contribution in [1.82, 2.24) is 15.1 Å². The molecule has 4 aromatic rings. The van der Waals surface area contributed by atoms with Crippen LogP contribution >= 0.6 is 0 Å². The van der Waals surface area contributed by atoms with E-state index in [0.29, 0.717) is 11.6 Å². The van der Waals surface area contributed by atoms with Gasteiger partial charge < -0.3 is 14.8 Å². The number of carbonyl (C=O) groups excluding carboxylic acids is 2. The predicted octanol–water partition coefficient (Wildman–Crippen LogP) is 3.52. The molecule has 0 atom stereocenters. The maximum absolute atomic E-state index is 12.2. The highest BCUT2D eigenvalue weighted by Crippen LogP contribution is 2.35. The van der Waals surface area contributed by atoms with Gasteiger partial charge in [0.05, 0.1) is 6.42 Å². The van der Waals surface area contributed by atoms with Crippen molar-refractivity contribution >= 4 is 35.0 Å². The molecular weight excluding hydrogens is 382 g/mol. The van der Waals surface area contributed by atoms with Gasteiger partial charge in [0, 0.05) is 23.7 Å². The largest absolute Gasteiger partial charge is 0.363 e. The zero-order chi connectivity index (χ0) is 20.5. The Bertz CT molecular complexity index is 1190. The standard InChI is InChI=1S/C22H19N5O3/c28-13-27(16-5-6-16)20-12-18(17-7-9-23-22(17)25-20)15-3-1-14(2-4-15)11-21(29)24-19-8-10-30-26-19/h1-4,7-10,12-13,16H,5-6,11H2,(H,23,25)(H,24,26,29). The first kappa shape index (κ1) is 18.1. The number of hydrogen-bond donors (Lipinski definition) is 2. The average Bonchev–Trinajstić information content (AvgIpc) is 3.23. The Morgan fingerprint density at radius 1 is 1.23 bits per heavy atom. The quantitative estimate of drug-likeness (QED) is 0.461. The Morgan fingerprint density at radius 3 is 2.77 bits per heavy atom. The summed E-state index contributed by atoms with van der Waals surface area (Å²) in [6.45, 7) is 0. The highest BCUT2D eigenvalue weighted by molar-refractivity contribution is 5.96. The third-order valence-electron chi connectivity index (χ3n) is 5.17. The average molecular weight is 401 g/mol. The van der Waals surface area contributed by atoms with Crippen LogP contribution < -0.4 is 10.2 Å². The van der Waals surface area contributed by atoms with Crippen LogP contribution in [0.2, 0.25) is 0 Å². The van der Waals surface area contributed by atoms with E-state index in [2.05, 4.69) is 20.4 Å². The number of aromatic nitrogens is 3. The van der Waals surface area contributed by atoms with Crippen LogP contribution in [0.5, 0.6) is 0 Å². The summed E-state index contributed by atoms with van der Waals surface area (Å²) >= 11 is 0. The molecule has 3 heterocycles. The van der Waals surface area contributed by atoms with Gasteiger partial charge in [0.15, 0.2) is 5.82 Å². The van der Waals surface area contributed by atoms with Gasteiger partial charge >= 0.3 is 0 Å². The molecule has 1 fully saturated rings. The summed E-state index contributed by atoms with van der Waals surface area (Å²) in [5.41, 5.74) is 3.60. The summed E-state index contributed by atoms with van der Waals surface area (Å²) in [5.74, 6) is 0.877. The number of nitrogens with zero attached hydrogens (tertiary/aromatic N) is 3. The highest BCUT2D eigenvalue weighted by atomic mass is 16.5. The Hall–Kier alpha value is -3.94. The first-order valence-corrected chi connectivity index (χ1v) is 9.72. The van der Waals surface area contributed by atoms with E-state index in [9.17, 15) is 9.59 Å². The summed E-state index contributed by atoms with van der Waals surface area (Å²) < 4.78 is 4.71. The maximum atomic E-state index is 12.2. The number of fused-ring (bicyclic) bond motifs is 1. The maximum Gasteiger partial charge on any atom is 0.230 e. The van der Waals surface area contributed by atoms with Crippen molar-refractivity contribution in [3.05, 3.63) is 60.5 Å². The zero-order valence-corrected chi connectivity index (χ0v) is 16.0. The van der Waals surface area contributed by atoms with Crippen molar-refractivity contribution in [2.75, 3.05) is 10.2 Å². The second-order valence-electron chi connectivity index (χ2n) is 7.32. The zero-order valence-electron chi connectivity index (χ0n) is 16.0. The van der Waals surface area contributed by atoms with Crippen LogP contribution in [-0.2, 0) is 16.0 Å². The van der Waals surface area contributed by atoms with Crippen LogP contribution in [0.15, 0.2) is 59.4 Å². The molecule has 5 rings (SSSR count). The Labute approximate surface area is 171 Å². The minimum atomic E-state index is -0.165. The van der Waals surface area contributed by atoms with Gasteiger partial charge in [-0.05, 0) is 41.7 Å². The Kier molecular flexibility index (Phi) is 4.51. The van der Waals surface area contributed by atoms with Gasteiger partial charge in [-0.15, -0.1) is 0 Å². The number of amides is 2. The van der Waals surface area contributed by atoms with Gasteiger partial charge in [-0.3, -0.25) is 14.5 Å². The van der Waals surface area contributed by atoms with E-state index in [0.717, 1.165) is 47.0 Å². The van der Waals surface area contributed by atoms with E-state index in [4.69, 9.17) is 4.52 Å². The molecule has 1 aliphatic carbocycles. The van der Waals surface area contributed by atoms with Crippen molar-refractivity contribution in [2.24, 2.45) is 0 Å². The number of carbonyl (C=O) groups is 2.